The molecule has 270 valence electrons. The fourth-order valence-corrected chi connectivity index (χ4v) is 7.30. The second-order valence-electron chi connectivity index (χ2n) is 16.2. The summed E-state index contributed by atoms with van der Waals surface area (Å²) in [5.41, 5.74) is 4.03. The van der Waals surface area contributed by atoms with E-state index in [0.29, 0.717) is 12.8 Å². The van der Waals surface area contributed by atoms with Gasteiger partial charge in [-0.2, -0.15) is 0 Å². The van der Waals surface area contributed by atoms with Crippen molar-refractivity contribution in [2.24, 2.45) is 34.3 Å². The maximum atomic E-state index is 14.3. The summed E-state index contributed by atoms with van der Waals surface area (Å²) >= 11 is 0. The molecule has 1 saturated carbocycles. The van der Waals surface area contributed by atoms with Crippen molar-refractivity contribution in [1.82, 2.24) is 25.2 Å². The van der Waals surface area contributed by atoms with E-state index in [9.17, 15) is 32.4 Å². The number of likely N-dealkylation sites (tertiary alicyclic amines) is 1. The fraction of sp³-hybridized carbons (Fsp3) is 0.848. The number of likely N-dealkylation sites (N-methyl/N-ethyl adjacent to an activating group) is 1. The number of urea groups is 1. The molecule has 0 aromatic rings. The van der Waals surface area contributed by atoms with Gasteiger partial charge in [0.1, 0.15) is 12.1 Å². The quantitative estimate of drug-likeness (QED) is 0.202. The first-order chi connectivity index (χ1) is 21.4. The van der Waals surface area contributed by atoms with E-state index in [-0.39, 0.29) is 30.8 Å². The molecule has 5 amide bonds. The van der Waals surface area contributed by atoms with Crippen LogP contribution in [-0.4, -0.2) is 96.7 Å². The van der Waals surface area contributed by atoms with E-state index < -0.39 is 79.8 Å². The number of Topliss-reactive ketones (excluding diaryl/α,β-unsaturated/α-hetero) is 1. The van der Waals surface area contributed by atoms with Crippen molar-refractivity contribution in [3.8, 4) is 0 Å². The average Bonchev–Trinajstić information content (AvgIpc) is 3.36. The summed E-state index contributed by atoms with van der Waals surface area (Å²) < 4.78 is 26.8. The van der Waals surface area contributed by atoms with Crippen LogP contribution in [0.1, 0.15) is 101 Å². The Morgan fingerprint density at radius 2 is 1.47 bits per heavy atom. The van der Waals surface area contributed by atoms with Gasteiger partial charge in [0.2, 0.25) is 27.6 Å². The highest BCUT2D eigenvalue weighted by molar-refractivity contribution is 7.89. The molecule has 2 unspecified atom stereocenters. The molecule has 5 atom stereocenters. The Balaban J connectivity index is 2.34. The summed E-state index contributed by atoms with van der Waals surface area (Å²) in [7, 11) is -2.09. The summed E-state index contributed by atoms with van der Waals surface area (Å²) in [6.07, 6.45) is 3.69. The molecule has 5 N–H and O–H groups in total. The molecule has 1 aliphatic carbocycles. The number of primary amides is 1. The van der Waals surface area contributed by atoms with Crippen molar-refractivity contribution < 1.29 is 32.4 Å². The molecular weight excluding hydrogens is 624 g/mol. The minimum absolute atomic E-state index is 0.0245. The van der Waals surface area contributed by atoms with Crippen LogP contribution in [-0.2, 0) is 29.2 Å². The third-order valence-electron chi connectivity index (χ3n) is 9.73. The molecule has 0 bridgehead atoms. The van der Waals surface area contributed by atoms with E-state index in [1.807, 2.05) is 55.4 Å². The zero-order chi connectivity index (χ0) is 36.2. The lowest BCUT2D eigenvalue weighted by Crippen LogP contribution is -2.62. The number of hydrogen-bond donors (Lipinski definition) is 4. The lowest BCUT2D eigenvalue weighted by Gasteiger charge is -2.38. The predicted molar refractivity (Wildman–Crippen MR) is 181 cm³/mol. The summed E-state index contributed by atoms with van der Waals surface area (Å²) in [5, 5.41) is 7.87. The number of ketones is 1. The summed E-state index contributed by atoms with van der Waals surface area (Å²) in [5.74, 6) is -2.91. The average molecular weight is 685 g/mol. The van der Waals surface area contributed by atoms with Crippen LogP contribution in [0.3, 0.4) is 0 Å². The van der Waals surface area contributed by atoms with Crippen LogP contribution in [0, 0.1) is 28.6 Å². The van der Waals surface area contributed by atoms with Gasteiger partial charge in [-0.3, -0.25) is 19.2 Å². The summed E-state index contributed by atoms with van der Waals surface area (Å²) in [6.45, 7) is 18.5. The molecule has 13 nitrogen and oxygen atoms in total. The Morgan fingerprint density at radius 1 is 0.894 bits per heavy atom. The molecule has 2 aliphatic rings. The zero-order valence-electron chi connectivity index (χ0n) is 30.3. The number of carbonyl (C=O) groups excluding carboxylic acids is 5. The number of nitrogens with two attached hydrogens (primary N) is 1. The highest BCUT2D eigenvalue weighted by Crippen LogP contribution is 2.34. The van der Waals surface area contributed by atoms with Crippen molar-refractivity contribution in [1.29, 1.82) is 0 Å². The van der Waals surface area contributed by atoms with E-state index >= 15 is 0 Å². The number of hydrogen-bond acceptors (Lipinski definition) is 7. The number of sulfonamides is 1. The second-order valence-corrected chi connectivity index (χ2v) is 18.8. The van der Waals surface area contributed by atoms with Gasteiger partial charge in [0.15, 0.2) is 0 Å². The van der Waals surface area contributed by atoms with Crippen molar-refractivity contribution in [2.75, 3.05) is 20.1 Å². The van der Waals surface area contributed by atoms with Gasteiger partial charge in [0, 0.05) is 26.2 Å². The Bertz CT molecular complexity index is 1270. The molecule has 0 aromatic carbocycles. The van der Waals surface area contributed by atoms with Crippen LogP contribution in [0.15, 0.2) is 0 Å². The van der Waals surface area contributed by atoms with Crippen molar-refractivity contribution in [3.63, 3.8) is 0 Å². The topological polar surface area (TPSA) is 188 Å². The van der Waals surface area contributed by atoms with Gasteiger partial charge in [-0.05, 0) is 55.3 Å². The zero-order valence-corrected chi connectivity index (χ0v) is 31.1. The van der Waals surface area contributed by atoms with Crippen molar-refractivity contribution in [3.05, 3.63) is 0 Å². The first-order valence-electron chi connectivity index (χ1n) is 16.9. The number of amides is 5. The Kier molecular flexibility index (Phi) is 13.5. The van der Waals surface area contributed by atoms with Gasteiger partial charge < -0.3 is 26.6 Å². The SMILES string of the molecule is CC(C)C1CCN(C(=O)[C@@H](NC(=O)N[C@H](CN(C)S(=O)(=O)C(C)C)C(C)(C)C)C(C)(C)C)[C@@H]1C(=O)NC(CC1CCC1)C(=O)C(N)=O. The number of rotatable bonds is 14. The Hall–Kier alpha value is -2.74. The molecule has 1 aliphatic heterocycles. The molecule has 14 heteroatoms. The van der Waals surface area contributed by atoms with E-state index in [1.54, 1.807) is 13.8 Å². The standard InChI is InChI=1S/C33H60N6O7S/c1-19(2)22-15-16-39(25(22)29(42)35-23(26(40)28(34)41)17-21-13-12-14-21)30(43)27(33(8,9)10)37-31(44)36-24(32(5,6)7)18-38(11)47(45,46)20(3)4/h19-25,27H,12-18H2,1-11H3,(H2,34,41)(H,35,42)(H2,36,37,44)/t22?,23?,24-,25+,27-/m1/s1. The minimum atomic E-state index is -3.57. The van der Waals surface area contributed by atoms with Crippen LogP contribution in [0.2, 0.25) is 0 Å². The molecule has 2 fully saturated rings. The van der Waals surface area contributed by atoms with E-state index in [1.165, 1.54) is 16.3 Å². The monoisotopic (exact) mass is 684 g/mol. The third-order valence-corrected chi connectivity index (χ3v) is 11.9. The van der Waals surface area contributed by atoms with Gasteiger partial charge in [0.25, 0.3) is 5.91 Å². The fourth-order valence-electron chi connectivity index (χ4n) is 6.22. The van der Waals surface area contributed by atoms with Crippen LogP contribution in [0.4, 0.5) is 4.79 Å². The maximum absolute atomic E-state index is 14.3. The van der Waals surface area contributed by atoms with Crippen molar-refractivity contribution in [2.45, 2.75) is 131 Å². The highest BCUT2D eigenvalue weighted by atomic mass is 32.2. The predicted octanol–water partition coefficient (Wildman–Crippen LogP) is 2.39. The smallest absolute Gasteiger partial charge is 0.315 e. The Morgan fingerprint density at radius 3 is 1.89 bits per heavy atom. The molecule has 1 heterocycles. The molecule has 2 rings (SSSR count). The molecule has 47 heavy (non-hydrogen) atoms. The van der Waals surface area contributed by atoms with Crippen LogP contribution >= 0.6 is 0 Å². The maximum Gasteiger partial charge on any atom is 0.315 e. The van der Waals surface area contributed by atoms with Crippen molar-refractivity contribution >= 4 is 39.6 Å². The molecule has 0 radical (unpaired) electrons. The lowest BCUT2D eigenvalue weighted by atomic mass is 9.80. The normalized spacial score (nSPS) is 21.3. The minimum Gasteiger partial charge on any atom is -0.363 e. The van der Waals surface area contributed by atoms with Gasteiger partial charge in [-0.15, -0.1) is 0 Å². The number of nitrogens with one attached hydrogen (secondary N) is 3. The lowest BCUT2D eigenvalue weighted by molar-refractivity contribution is -0.144. The second kappa shape index (κ2) is 15.7. The first kappa shape index (κ1) is 40.4. The van der Waals surface area contributed by atoms with Gasteiger partial charge in [-0.1, -0.05) is 74.7 Å². The first-order valence-corrected chi connectivity index (χ1v) is 18.4. The summed E-state index contributed by atoms with van der Waals surface area (Å²) in [6, 6.07) is -4.26. The largest absolute Gasteiger partial charge is 0.363 e. The van der Waals surface area contributed by atoms with Crippen LogP contribution in [0.5, 0.6) is 0 Å². The van der Waals surface area contributed by atoms with Gasteiger partial charge >= 0.3 is 6.03 Å². The highest BCUT2D eigenvalue weighted by Gasteiger charge is 2.48. The van der Waals surface area contributed by atoms with E-state index in [0.717, 1.165) is 19.3 Å². The third kappa shape index (κ3) is 10.4. The van der Waals surface area contributed by atoms with Gasteiger partial charge in [0.05, 0.1) is 11.3 Å². The number of carbonyl (C=O) groups is 5. The van der Waals surface area contributed by atoms with Crippen LogP contribution < -0.4 is 21.7 Å². The Labute approximate surface area is 281 Å². The molecule has 0 aromatic heterocycles. The molecular formula is C33H60N6O7S. The number of nitrogens with zero attached hydrogens (tertiary/aromatic N) is 2. The molecule has 0 spiro atoms. The van der Waals surface area contributed by atoms with Gasteiger partial charge in [-0.25, -0.2) is 17.5 Å². The molecule has 1 saturated heterocycles. The summed E-state index contributed by atoms with van der Waals surface area (Å²) in [4.78, 5) is 67.8. The van der Waals surface area contributed by atoms with E-state index in [4.69, 9.17) is 5.73 Å². The van der Waals surface area contributed by atoms with Crippen LogP contribution in [0.25, 0.3) is 0 Å². The van der Waals surface area contributed by atoms with E-state index in [2.05, 4.69) is 16.0 Å².